The number of aromatic nitrogens is 3. The van der Waals surface area contributed by atoms with Gasteiger partial charge in [-0.3, -0.25) is 4.79 Å². The lowest BCUT2D eigenvalue weighted by molar-refractivity contribution is 0.298. The number of nitrogens with zero attached hydrogens (tertiary/aromatic N) is 3. The minimum Gasteiger partial charge on any atom is -0.464 e. The van der Waals surface area contributed by atoms with Crippen LogP contribution in [-0.2, 0) is 6.42 Å². The third-order valence-corrected chi connectivity index (χ3v) is 4.47. The number of hydrogen-bond donors (Lipinski definition) is 1. The monoisotopic (exact) mass is 332 g/mol. The number of hydrogen-bond acceptors (Lipinski definition) is 6. The van der Waals surface area contributed by atoms with Gasteiger partial charge in [-0.05, 0) is 17.5 Å². The molecule has 0 aromatic carbocycles. The van der Waals surface area contributed by atoms with Crippen LogP contribution in [0.25, 0.3) is 4.96 Å². The topological polar surface area (TPSA) is 72.4 Å². The summed E-state index contributed by atoms with van der Waals surface area (Å²) in [6.45, 7) is 8.47. The first-order valence-corrected chi connectivity index (χ1v) is 8.40. The van der Waals surface area contributed by atoms with Crippen molar-refractivity contribution < 1.29 is 4.42 Å². The zero-order chi connectivity index (χ0) is 16.6. The van der Waals surface area contributed by atoms with Crippen LogP contribution in [0.4, 0.5) is 5.13 Å². The van der Waals surface area contributed by atoms with Gasteiger partial charge in [0, 0.05) is 18.7 Å². The van der Waals surface area contributed by atoms with E-state index in [1.54, 1.807) is 0 Å². The van der Waals surface area contributed by atoms with E-state index in [1.165, 1.54) is 28.1 Å². The molecule has 0 aliphatic heterocycles. The second-order valence-electron chi connectivity index (χ2n) is 6.49. The van der Waals surface area contributed by atoms with E-state index >= 15 is 0 Å². The molecule has 0 radical (unpaired) electrons. The first-order chi connectivity index (χ1) is 10.9. The van der Waals surface area contributed by atoms with E-state index in [2.05, 4.69) is 43.1 Å². The number of nitrogens with one attached hydrogen (secondary N) is 1. The number of anilines is 1. The Morgan fingerprint density at radius 1 is 1.35 bits per heavy atom. The molecule has 1 atom stereocenters. The average molecular weight is 332 g/mol. The predicted molar refractivity (Wildman–Crippen MR) is 91.0 cm³/mol. The minimum atomic E-state index is -0.183. The lowest BCUT2D eigenvalue weighted by Gasteiger charge is -2.29. The van der Waals surface area contributed by atoms with Gasteiger partial charge in [0.05, 0.1) is 6.04 Å². The Morgan fingerprint density at radius 2 is 2.13 bits per heavy atom. The fourth-order valence-corrected chi connectivity index (χ4v) is 3.18. The Bertz CT molecular complexity index is 872. The van der Waals surface area contributed by atoms with Crippen molar-refractivity contribution in [3.8, 4) is 0 Å². The molecule has 0 bridgehead atoms. The van der Waals surface area contributed by atoms with Crippen molar-refractivity contribution in [2.75, 3.05) is 5.32 Å². The third kappa shape index (κ3) is 3.14. The van der Waals surface area contributed by atoms with Crippen LogP contribution in [0.2, 0.25) is 0 Å². The Hall–Kier alpha value is -2.15. The predicted octanol–water partition coefficient (Wildman–Crippen LogP) is 3.51. The van der Waals surface area contributed by atoms with Crippen LogP contribution in [0.5, 0.6) is 0 Å². The van der Waals surface area contributed by atoms with E-state index in [0.29, 0.717) is 10.1 Å². The second-order valence-corrected chi connectivity index (χ2v) is 7.44. The maximum atomic E-state index is 11.8. The highest BCUT2D eigenvalue weighted by molar-refractivity contribution is 7.20. The summed E-state index contributed by atoms with van der Waals surface area (Å²) in [5.41, 5.74) is -0.267. The molecular weight excluding hydrogens is 312 g/mol. The summed E-state index contributed by atoms with van der Waals surface area (Å²) in [6.07, 6.45) is 2.36. The van der Waals surface area contributed by atoms with Crippen LogP contribution in [0.3, 0.4) is 0 Å². The molecule has 0 saturated carbocycles. The van der Waals surface area contributed by atoms with Crippen LogP contribution >= 0.6 is 11.3 Å². The molecule has 0 aliphatic rings. The molecule has 7 heteroatoms. The Morgan fingerprint density at radius 3 is 2.74 bits per heavy atom. The van der Waals surface area contributed by atoms with Crippen molar-refractivity contribution in [1.29, 1.82) is 0 Å². The lowest BCUT2D eigenvalue weighted by atomic mass is 9.85. The van der Waals surface area contributed by atoms with E-state index in [0.717, 1.165) is 17.9 Å². The van der Waals surface area contributed by atoms with Gasteiger partial charge in [0.2, 0.25) is 10.1 Å². The maximum Gasteiger partial charge on any atom is 0.275 e. The van der Waals surface area contributed by atoms with Crippen molar-refractivity contribution >= 4 is 21.4 Å². The fourth-order valence-electron chi connectivity index (χ4n) is 2.38. The van der Waals surface area contributed by atoms with Gasteiger partial charge in [-0.2, -0.15) is 4.52 Å². The molecule has 6 nitrogen and oxygen atoms in total. The van der Waals surface area contributed by atoms with Crippen molar-refractivity contribution in [2.24, 2.45) is 5.41 Å². The van der Waals surface area contributed by atoms with E-state index in [-0.39, 0.29) is 17.0 Å². The summed E-state index contributed by atoms with van der Waals surface area (Å²) < 4.78 is 7.23. The molecule has 3 aromatic rings. The van der Waals surface area contributed by atoms with Gasteiger partial charge >= 0.3 is 0 Å². The SMILES string of the molecule is CCc1ccc(C(Nc2nn3c(=O)ccnc3s2)C(C)(C)C)o1. The summed E-state index contributed by atoms with van der Waals surface area (Å²) in [5.74, 6) is 1.83. The lowest BCUT2D eigenvalue weighted by Crippen LogP contribution is -2.25. The molecule has 23 heavy (non-hydrogen) atoms. The first kappa shape index (κ1) is 15.7. The molecule has 0 fully saturated rings. The number of rotatable bonds is 4. The smallest absolute Gasteiger partial charge is 0.275 e. The van der Waals surface area contributed by atoms with Gasteiger partial charge in [0.15, 0.2) is 0 Å². The van der Waals surface area contributed by atoms with E-state index in [9.17, 15) is 4.79 Å². The number of furan rings is 1. The van der Waals surface area contributed by atoms with Gasteiger partial charge in [-0.25, -0.2) is 4.98 Å². The minimum absolute atomic E-state index is 0.0564. The molecule has 0 spiro atoms. The highest BCUT2D eigenvalue weighted by Gasteiger charge is 2.30. The summed E-state index contributed by atoms with van der Waals surface area (Å²) >= 11 is 1.35. The number of fused-ring (bicyclic) bond motifs is 1. The molecule has 3 rings (SSSR count). The van der Waals surface area contributed by atoms with Crippen molar-refractivity contribution in [2.45, 2.75) is 40.2 Å². The van der Waals surface area contributed by atoms with Crippen LogP contribution in [-0.4, -0.2) is 14.6 Å². The van der Waals surface area contributed by atoms with E-state index in [4.69, 9.17) is 4.42 Å². The molecular formula is C16H20N4O2S. The quantitative estimate of drug-likeness (QED) is 0.791. The molecule has 1 unspecified atom stereocenters. The van der Waals surface area contributed by atoms with Gasteiger partial charge < -0.3 is 9.73 Å². The van der Waals surface area contributed by atoms with Gasteiger partial charge in [0.25, 0.3) is 5.56 Å². The summed E-state index contributed by atoms with van der Waals surface area (Å²) in [7, 11) is 0. The van der Waals surface area contributed by atoms with Crippen molar-refractivity contribution in [3.05, 3.63) is 46.3 Å². The van der Waals surface area contributed by atoms with Gasteiger partial charge in [0.1, 0.15) is 11.5 Å². The maximum absolute atomic E-state index is 11.8. The molecule has 3 heterocycles. The molecule has 3 aromatic heterocycles. The van der Waals surface area contributed by atoms with Crippen molar-refractivity contribution in [3.63, 3.8) is 0 Å². The van der Waals surface area contributed by atoms with Crippen LogP contribution in [0.1, 0.15) is 45.3 Å². The van der Waals surface area contributed by atoms with E-state index in [1.807, 2.05) is 12.1 Å². The summed E-state index contributed by atoms with van der Waals surface area (Å²) in [5, 5.41) is 8.38. The van der Waals surface area contributed by atoms with Crippen LogP contribution in [0, 0.1) is 5.41 Å². The fraction of sp³-hybridized carbons (Fsp3) is 0.438. The third-order valence-electron chi connectivity index (χ3n) is 3.62. The normalized spacial score (nSPS) is 13.4. The molecule has 0 amide bonds. The summed E-state index contributed by atoms with van der Waals surface area (Å²) in [4.78, 5) is 16.6. The standard InChI is InChI=1S/C16H20N4O2S/c1-5-10-6-7-11(22-10)13(16(2,3)4)18-14-19-20-12(21)8-9-17-15(20)23-14/h6-9,13H,5H2,1-4H3,(H,18,19). The van der Waals surface area contributed by atoms with E-state index < -0.39 is 0 Å². The van der Waals surface area contributed by atoms with Gasteiger partial charge in [-0.15, -0.1) is 5.10 Å². The zero-order valence-corrected chi connectivity index (χ0v) is 14.5. The number of aryl methyl sites for hydroxylation is 1. The molecule has 0 aliphatic carbocycles. The highest BCUT2D eigenvalue weighted by Crippen LogP contribution is 2.37. The van der Waals surface area contributed by atoms with Gasteiger partial charge in [-0.1, -0.05) is 39.0 Å². The van der Waals surface area contributed by atoms with Crippen LogP contribution < -0.4 is 10.9 Å². The zero-order valence-electron chi connectivity index (χ0n) is 13.7. The van der Waals surface area contributed by atoms with Crippen molar-refractivity contribution in [1.82, 2.24) is 14.6 Å². The molecule has 122 valence electrons. The Labute approximate surface area is 138 Å². The Kier molecular flexibility index (Phi) is 3.97. The Balaban J connectivity index is 1.97. The summed E-state index contributed by atoms with van der Waals surface area (Å²) in [6, 6.07) is 5.34. The average Bonchev–Trinajstić information content (AvgIpc) is 3.10. The second kappa shape index (κ2) is 5.81. The largest absolute Gasteiger partial charge is 0.464 e. The first-order valence-electron chi connectivity index (χ1n) is 7.58. The molecule has 1 N–H and O–H groups in total. The molecule has 0 saturated heterocycles. The highest BCUT2D eigenvalue weighted by atomic mass is 32.1. The van der Waals surface area contributed by atoms with Crippen LogP contribution in [0.15, 0.2) is 33.6 Å².